The van der Waals surface area contributed by atoms with Gasteiger partial charge in [-0.25, -0.2) is 0 Å². The summed E-state index contributed by atoms with van der Waals surface area (Å²) in [5.74, 6) is 0.350. The van der Waals surface area contributed by atoms with Gasteiger partial charge in [0, 0.05) is 24.0 Å². The summed E-state index contributed by atoms with van der Waals surface area (Å²) in [7, 11) is 0. The minimum Gasteiger partial charge on any atom is -0.312 e. The van der Waals surface area contributed by atoms with Gasteiger partial charge in [-0.3, -0.25) is 9.89 Å². The second-order valence-corrected chi connectivity index (χ2v) is 6.58. The minimum absolute atomic E-state index is 0.0541. The van der Waals surface area contributed by atoms with Gasteiger partial charge in [-0.15, -0.1) is 0 Å². The van der Waals surface area contributed by atoms with Crippen LogP contribution < -0.4 is 4.90 Å². The highest BCUT2D eigenvalue weighted by atomic mass is 16.2. The van der Waals surface area contributed by atoms with Gasteiger partial charge in [0.1, 0.15) is 0 Å². The van der Waals surface area contributed by atoms with Gasteiger partial charge in [-0.2, -0.15) is 5.10 Å². The molecule has 1 spiro atoms. The summed E-state index contributed by atoms with van der Waals surface area (Å²) in [5, 5.41) is 6.81. The molecule has 1 saturated carbocycles. The fraction of sp³-hybridized carbons (Fsp3) is 0.444. The van der Waals surface area contributed by atoms with Crippen LogP contribution in [0.1, 0.15) is 38.5 Å². The van der Waals surface area contributed by atoms with Crippen molar-refractivity contribution < 1.29 is 4.79 Å². The van der Waals surface area contributed by atoms with Gasteiger partial charge in [-0.1, -0.05) is 31.4 Å². The fourth-order valence-electron chi connectivity index (χ4n) is 4.00. The third-order valence-electron chi connectivity index (χ3n) is 5.33. The molecule has 1 aliphatic heterocycles. The SMILES string of the molecule is O=C1N(c2ccc(-c3cn[nH]c3)cc2)CCC12CCCCC2. The fourth-order valence-corrected chi connectivity index (χ4v) is 4.00. The molecular weight excluding hydrogens is 274 g/mol. The molecular formula is C18H21N3O. The average Bonchev–Trinajstić information content (AvgIpc) is 3.19. The number of rotatable bonds is 2. The lowest BCUT2D eigenvalue weighted by Gasteiger charge is -2.31. The van der Waals surface area contributed by atoms with Crippen LogP contribution in [0.25, 0.3) is 11.1 Å². The van der Waals surface area contributed by atoms with E-state index in [2.05, 4.69) is 34.5 Å². The van der Waals surface area contributed by atoms with Crippen molar-refractivity contribution in [3.63, 3.8) is 0 Å². The Kier molecular flexibility index (Phi) is 3.25. The van der Waals surface area contributed by atoms with Crippen molar-refractivity contribution in [2.45, 2.75) is 38.5 Å². The van der Waals surface area contributed by atoms with Crippen LogP contribution in [0.5, 0.6) is 0 Å². The summed E-state index contributed by atoms with van der Waals surface area (Å²) in [6, 6.07) is 8.25. The number of anilines is 1. The molecule has 2 fully saturated rings. The molecule has 1 aromatic heterocycles. The van der Waals surface area contributed by atoms with E-state index in [1.165, 1.54) is 19.3 Å². The highest BCUT2D eigenvalue weighted by Gasteiger charge is 2.47. The van der Waals surface area contributed by atoms with Gasteiger partial charge in [0.05, 0.1) is 11.6 Å². The number of carbonyl (C=O) groups is 1. The van der Waals surface area contributed by atoms with Crippen LogP contribution in [0.2, 0.25) is 0 Å². The van der Waals surface area contributed by atoms with Gasteiger partial charge in [0.15, 0.2) is 0 Å². The molecule has 114 valence electrons. The number of benzene rings is 1. The Bertz CT molecular complexity index is 654. The monoisotopic (exact) mass is 295 g/mol. The van der Waals surface area contributed by atoms with Crippen molar-refractivity contribution in [2.24, 2.45) is 5.41 Å². The van der Waals surface area contributed by atoms with Crippen molar-refractivity contribution in [2.75, 3.05) is 11.4 Å². The third-order valence-corrected chi connectivity index (χ3v) is 5.33. The zero-order valence-corrected chi connectivity index (χ0v) is 12.7. The molecule has 2 heterocycles. The Hall–Kier alpha value is -2.10. The number of nitrogens with zero attached hydrogens (tertiary/aromatic N) is 2. The first-order chi connectivity index (χ1) is 10.8. The molecule has 1 aromatic carbocycles. The number of aromatic nitrogens is 2. The van der Waals surface area contributed by atoms with Gasteiger partial charge in [-0.05, 0) is 37.0 Å². The Balaban J connectivity index is 1.56. The molecule has 2 aliphatic rings. The standard InChI is InChI=1S/C18H21N3O/c22-17-18(8-2-1-3-9-18)10-11-21(17)16-6-4-14(5-7-16)15-12-19-20-13-15/h4-7,12-13H,1-3,8-11H2,(H,19,20). The number of hydrogen-bond donors (Lipinski definition) is 1. The number of H-pyrrole nitrogens is 1. The molecule has 22 heavy (non-hydrogen) atoms. The number of aromatic amines is 1. The van der Waals surface area contributed by atoms with Gasteiger partial charge in [0.25, 0.3) is 0 Å². The van der Waals surface area contributed by atoms with E-state index in [1.54, 1.807) is 0 Å². The maximum atomic E-state index is 12.9. The first kappa shape index (κ1) is 13.6. The molecule has 1 saturated heterocycles. The van der Waals surface area contributed by atoms with Crippen LogP contribution in [0, 0.1) is 5.41 Å². The Labute approximate surface area is 130 Å². The molecule has 1 aliphatic carbocycles. The number of carbonyl (C=O) groups excluding carboxylic acids is 1. The molecule has 2 aromatic rings. The Morgan fingerprint density at radius 3 is 2.45 bits per heavy atom. The van der Waals surface area contributed by atoms with E-state index < -0.39 is 0 Å². The third kappa shape index (κ3) is 2.14. The summed E-state index contributed by atoms with van der Waals surface area (Å²) >= 11 is 0. The molecule has 4 rings (SSSR count). The van der Waals surface area contributed by atoms with Gasteiger partial charge >= 0.3 is 0 Å². The maximum absolute atomic E-state index is 12.9. The van der Waals surface area contributed by atoms with Gasteiger partial charge < -0.3 is 4.90 Å². The van der Waals surface area contributed by atoms with Crippen molar-refractivity contribution in [1.29, 1.82) is 0 Å². The second kappa shape index (κ2) is 5.27. The Morgan fingerprint density at radius 2 is 1.77 bits per heavy atom. The average molecular weight is 295 g/mol. The van der Waals surface area contributed by atoms with E-state index in [-0.39, 0.29) is 5.41 Å². The Morgan fingerprint density at radius 1 is 1.00 bits per heavy atom. The lowest BCUT2D eigenvalue weighted by atomic mass is 9.73. The van der Waals surface area contributed by atoms with Crippen molar-refractivity contribution in [3.05, 3.63) is 36.7 Å². The molecule has 0 radical (unpaired) electrons. The lowest BCUT2D eigenvalue weighted by molar-refractivity contribution is -0.127. The summed E-state index contributed by atoms with van der Waals surface area (Å²) in [5.41, 5.74) is 3.17. The molecule has 0 atom stereocenters. The van der Waals surface area contributed by atoms with Gasteiger partial charge in [0.2, 0.25) is 5.91 Å². The van der Waals surface area contributed by atoms with E-state index in [0.717, 1.165) is 42.6 Å². The summed E-state index contributed by atoms with van der Waals surface area (Å²) in [4.78, 5) is 14.9. The van der Waals surface area contributed by atoms with Crippen molar-refractivity contribution in [3.8, 4) is 11.1 Å². The van der Waals surface area contributed by atoms with E-state index in [1.807, 2.05) is 17.3 Å². The van der Waals surface area contributed by atoms with Crippen molar-refractivity contribution >= 4 is 11.6 Å². The molecule has 1 N–H and O–H groups in total. The van der Waals surface area contributed by atoms with Crippen molar-refractivity contribution in [1.82, 2.24) is 10.2 Å². The first-order valence-electron chi connectivity index (χ1n) is 8.20. The van der Waals surface area contributed by atoms with Crippen LogP contribution in [0.3, 0.4) is 0 Å². The highest BCUT2D eigenvalue weighted by Crippen LogP contribution is 2.45. The van der Waals surface area contributed by atoms with E-state index in [4.69, 9.17) is 0 Å². The quantitative estimate of drug-likeness (QED) is 0.917. The largest absolute Gasteiger partial charge is 0.312 e. The molecule has 4 heteroatoms. The summed E-state index contributed by atoms with van der Waals surface area (Å²) < 4.78 is 0. The van der Waals surface area contributed by atoms with Crippen LogP contribution in [-0.2, 0) is 4.79 Å². The lowest BCUT2D eigenvalue weighted by Crippen LogP contribution is -2.36. The van der Waals surface area contributed by atoms with Crippen LogP contribution in [-0.4, -0.2) is 22.6 Å². The number of nitrogens with one attached hydrogen (secondary N) is 1. The second-order valence-electron chi connectivity index (χ2n) is 6.58. The minimum atomic E-state index is -0.0541. The van der Waals surface area contributed by atoms with E-state index >= 15 is 0 Å². The maximum Gasteiger partial charge on any atom is 0.233 e. The number of amides is 1. The topological polar surface area (TPSA) is 49.0 Å². The normalized spacial score (nSPS) is 20.7. The first-order valence-corrected chi connectivity index (χ1v) is 8.20. The zero-order valence-electron chi connectivity index (χ0n) is 12.7. The predicted octanol–water partition coefficient (Wildman–Crippen LogP) is 3.76. The number of hydrogen-bond acceptors (Lipinski definition) is 2. The van der Waals surface area contributed by atoms with Crippen LogP contribution >= 0.6 is 0 Å². The highest BCUT2D eigenvalue weighted by molar-refractivity contribution is 6.00. The van der Waals surface area contributed by atoms with E-state index in [0.29, 0.717) is 5.91 Å². The predicted molar refractivity (Wildman–Crippen MR) is 86.5 cm³/mol. The molecule has 0 bridgehead atoms. The molecule has 4 nitrogen and oxygen atoms in total. The van der Waals surface area contributed by atoms with Crippen LogP contribution in [0.15, 0.2) is 36.7 Å². The molecule has 0 unspecified atom stereocenters. The zero-order chi connectivity index (χ0) is 15.0. The van der Waals surface area contributed by atoms with E-state index in [9.17, 15) is 4.79 Å². The summed E-state index contributed by atoms with van der Waals surface area (Å²) in [6.07, 6.45) is 10.6. The smallest absolute Gasteiger partial charge is 0.233 e. The summed E-state index contributed by atoms with van der Waals surface area (Å²) in [6.45, 7) is 0.865. The van der Waals surface area contributed by atoms with Crippen LogP contribution in [0.4, 0.5) is 5.69 Å². The molecule has 1 amide bonds.